The van der Waals surface area contributed by atoms with Crippen LogP contribution < -0.4 is 0 Å². The molecule has 1 aromatic heterocycles. The molecule has 2 bridgehead atoms. The molecule has 0 aromatic carbocycles. The molecule has 1 N–H and O–H groups in total. The number of fused-ring (bicyclic) bond motifs is 2. The Kier molecular flexibility index (Phi) is 5.94. The van der Waals surface area contributed by atoms with Gasteiger partial charge in [-0.05, 0) is 55.6 Å². The Hall–Kier alpha value is -1.21. The molecule has 0 saturated carbocycles. The zero-order valence-electron chi connectivity index (χ0n) is 14.7. The van der Waals surface area contributed by atoms with Crippen molar-refractivity contribution < 1.29 is 9.76 Å². The summed E-state index contributed by atoms with van der Waals surface area (Å²) in [6.07, 6.45) is 5.40. The zero-order valence-corrected chi connectivity index (χ0v) is 15.5. The van der Waals surface area contributed by atoms with Gasteiger partial charge in [-0.15, -0.1) is 16.8 Å². The highest BCUT2D eigenvalue weighted by Gasteiger charge is 2.43. The maximum absolute atomic E-state index is 10.1. The van der Waals surface area contributed by atoms with E-state index in [9.17, 15) is 5.02 Å². The van der Waals surface area contributed by atoms with Gasteiger partial charge in [0.1, 0.15) is 0 Å². The predicted octanol–water partition coefficient (Wildman–Crippen LogP) is 2.85. The van der Waals surface area contributed by atoms with Crippen molar-refractivity contribution in [3.05, 3.63) is 41.7 Å². The van der Waals surface area contributed by atoms with Crippen LogP contribution in [0.3, 0.4) is 0 Å². The second-order valence-electron chi connectivity index (χ2n) is 6.99. The van der Waals surface area contributed by atoms with Crippen molar-refractivity contribution in [2.45, 2.75) is 44.6 Å². The summed E-state index contributed by atoms with van der Waals surface area (Å²) in [6, 6.07) is 2.31. The van der Waals surface area contributed by atoms with Crippen LogP contribution in [-0.2, 0) is 11.2 Å². The Bertz CT molecular complexity index is 641. The summed E-state index contributed by atoms with van der Waals surface area (Å²) in [5.74, 6) is 0.312. The topological polar surface area (TPSA) is 58.5 Å². The minimum Gasteiger partial charge on any atom is -0.437 e. The maximum Gasteiger partial charge on any atom is 0.377 e. The van der Waals surface area contributed by atoms with Crippen molar-refractivity contribution in [2.75, 3.05) is 13.2 Å². The van der Waals surface area contributed by atoms with Gasteiger partial charge in [0.15, 0.2) is 5.15 Å². The molecule has 134 valence electrons. The van der Waals surface area contributed by atoms with E-state index in [-0.39, 0.29) is 12.1 Å². The van der Waals surface area contributed by atoms with Crippen LogP contribution in [0, 0.1) is 5.92 Å². The van der Waals surface area contributed by atoms with E-state index in [0.717, 1.165) is 42.5 Å². The van der Waals surface area contributed by atoms with E-state index in [0.29, 0.717) is 24.3 Å². The molecule has 0 amide bonds. The number of hydrogen-bond acceptors (Lipinski definition) is 5. The molecule has 3 atom stereocenters. The van der Waals surface area contributed by atoms with E-state index < -0.39 is 7.05 Å². The Morgan fingerprint density at radius 2 is 2.12 bits per heavy atom. The van der Waals surface area contributed by atoms with E-state index >= 15 is 0 Å². The van der Waals surface area contributed by atoms with Crippen molar-refractivity contribution in [3.8, 4) is 0 Å². The van der Waals surface area contributed by atoms with Crippen LogP contribution in [0.5, 0.6) is 0 Å². The minimum atomic E-state index is -0.452. The first-order valence-electron chi connectivity index (χ1n) is 8.86. The standard InChI is InChI=1S/C18H25BClN3O2/c1-4-5-6-13-9-17(20)21-22-18(13)12(2)14-7-15-10-25-11-16(8-14)23(15)19(3)24/h4,9,14-16,24H,1-2,5-8,10-11H2,3H3/t14?,15-,16?/m0/s1. The number of morpholine rings is 1. The molecule has 2 aliphatic heterocycles. The normalized spacial score (nSPS) is 26.3. The first-order chi connectivity index (χ1) is 12.0. The number of halogens is 1. The molecule has 3 heterocycles. The van der Waals surface area contributed by atoms with Crippen LogP contribution in [0.25, 0.3) is 5.57 Å². The molecule has 25 heavy (non-hydrogen) atoms. The average Bonchev–Trinajstić information content (AvgIpc) is 2.58. The number of nitrogens with zero attached hydrogens (tertiary/aromatic N) is 3. The lowest BCUT2D eigenvalue weighted by Gasteiger charge is -2.49. The largest absolute Gasteiger partial charge is 0.437 e. The molecule has 5 nitrogen and oxygen atoms in total. The number of aryl methyl sites for hydroxylation is 1. The molecule has 2 fully saturated rings. The highest BCUT2D eigenvalue weighted by Crippen LogP contribution is 2.39. The first kappa shape index (κ1) is 18.6. The van der Waals surface area contributed by atoms with Crippen LogP contribution in [0.15, 0.2) is 25.3 Å². The van der Waals surface area contributed by atoms with Gasteiger partial charge in [0.2, 0.25) is 0 Å². The molecule has 3 rings (SSSR count). The Morgan fingerprint density at radius 3 is 2.72 bits per heavy atom. The lowest BCUT2D eigenvalue weighted by Crippen LogP contribution is -2.61. The first-order valence-corrected chi connectivity index (χ1v) is 9.24. The summed E-state index contributed by atoms with van der Waals surface area (Å²) < 4.78 is 5.70. The molecule has 7 heteroatoms. The second-order valence-corrected chi connectivity index (χ2v) is 7.37. The number of allylic oxidation sites excluding steroid dienone is 2. The number of piperidine rings is 1. The molecule has 2 saturated heterocycles. The number of rotatable bonds is 6. The van der Waals surface area contributed by atoms with Gasteiger partial charge in [-0.1, -0.05) is 24.3 Å². The predicted molar refractivity (Wildman–Crippen MR) is 101 cm³/mol. The maximum atomic E-state index is 10.1. The van der Waals surface area contributed by atoms with Crippen molar-refractivity contribution in [3.63, 3.8) is 0 Å². The fourth-order valence-electron chi connectivity index (χ4n) is 4.15. The van der Waals surface area contributed by atoms with Crippen LogP contribution >= 0.6 is 11.6 Å². The highest BCUT2D eigenvalue weighted by molar-refractivity contribution is 6.45. The van der Waals surface area contributed by atoms with Gasteiger partial charge in [0.25, 0.3) is 0 Å². The van der Waals surface area contributed by atoms with Crippen molar-refractivity contribution in [1.82, 2.24) is 15.0 Å². The monoisotopic (exact) mass is 361 g/mol. The Balaban J connectivity index is 1.81. The van der Waals surface area contributed by atoms with Crippen LogP contribution in [0.4, 0.5) is 0 Å². The van der Waals surface area contributed by atoms with Gasteiger partial charge in [-0.2, -0.15) is 0 Å². The lowest BCUT2D eigenvalue weighted by molar-refractivity contribution is -0.0471. The van der Waals surface area contributed by atoms with Crippen molar-refractivity contribution >= 4 is 24.2 Å². The van der Waals surface area contributed by atoms with Crippen LogP contribution in [0.2, 0.25) is 12.0 Å². The third-order valence-electron chi connectivity index (χ3n) is 5.27. The SMILES string of the molecule is C=CCCc1cc(Cl)nnc1C(=C)C1CC2COC[C@H](C1)N2B(C)O. The Labute approximate surface area is 154 Å². The molecule has 0 aliphatic carbocycles. The summed E-state index contributed by atoms with van der Waals surface area (Å²) in [4.78, 5) is 2.18. The van der Waals surface area contributed by atoms with Gasteiger partial charge in [-0.25, -0.2) is 0 Å². The zero-order chi connectivity index (χ0) is 18.0. The van der Waals surface area contributed by atoms with E-state index in [1.165, 1.54) is 0 Å². The summed E-state index contributed by atoms with van der Waals surface area (Å²) in [5, 5.41) is 18.9. The molecular weight excluding hydrogens is 336 g/mol. The van der Waals surface area contributed by atoms with Crippen LogP contribution in [-0.4, -0.2) is 52.4 Å². The highest BCUT2D eigenvalue weighted by atomic mass is 35.5. The molecule has 1 aromatic rings. The van der Waals surface area contributed by atoms with Gasteiger partial charge in [-0.3, -0.25) is 0 Å². The number of ether oxygens (including phenoxy) is 1. The number of aromatic nitrogens is 2. The third-order valence-corrected chi connectivity index (χ3v) is 5.45. The lowest BCUT2D eigenvalue weighted by atomic mass is 9.71. The quantitative estimate of drug-likeness (QED) is 0.623. The summed E-state index contributed by atoms with van der Waals surface area (Å²) in [7, 11) is -0.452. The summed E-state index contributed by atoms with van der Waals surface area (Å²) >= 11 is 6.04. The fraction of sp³-hybridized carbons (Fsp3) is 0.556. The second kappa shape index (κ2) is 8.00. The van der Waals surface area contributed by atoms with Crippen molar-refractivity contribution in [2.24, 2.45) is 5.92 Å². The van der Waals surface area contributed by atoms with Gasteiger partial charge < -0.3 is 14.6 Å². The van der Waals surface area contributed by atoms with E-state index in [4.69, 9.17) is 16.3 Å². The molecule has 2 unspecified atom stereocenters. The third kappa shape index (κ3) is 3.98. The van der Waals surface area contributed by atoms with Crippen molar-refractivity contribution in [1.29, 1.82) is 0 Å². The van der Waals surface area contributed by atoms with Gasteiger partial charge in [0.05, 0.1) is 18.9 Å². The van der Waals surface area contributed by atoms with Gasteiger partial charge >= 0.3 is 7.05 Å². The molecule has 0 radical (unpaired) electrons. The molecule has 2 aliphatic rings. The minimum absolute atomic E-state index is 0.214. The summed E-state index contributed by atoms with van der Waals surface area (Å²) in [6.45, 7) is 11.3. The summed E-state index contributed by atoms with van der Waals surface area (Å²) in [5.41, 5.74) is 2.95. The van der Waals surface area contributed by atoms with E-state index in [2.05, 4.69) is 28.2 Å². The molecule has 0 spiro atoms. The number of hydrogen-bond donors (Lipinski definition) is 1. The van der Waals surface area contributed by atoms with Crippen LogP contribution in [0.1, 0.15) is 30.5 Å². The fourth-order valence-corrected chi connectivity index (χ4v) is 4.32. The average molecular weight is 362 g/mol. The Morgan fingerprint density at radius 1 is 1.44 bits per heavy atom. The van der Waals surface area contributed by atoms with Gasteiger partial charge in [0, 0.05) is 12.1 Å². The van der Waals surface area contributed by atoms with E-state index in [1.807, 2.05) is 19.0 Å². The molecular formula is C18H25BClN3O2. The van der Waals surface area contributed by atoms with E-state index in [1.54, 1.807) is 0 Å². The smallest absolute Gasteiger partial charge is 0.377 e.